The molecule has 0 saturated heterocycles. The molecule has 0 saturated carbocycles. The van der Waals surface area contributed by atoms with Crippen LogP contribution in [-0.2, 0) is 7.05 Å². The molecule has 0 radical (unpaired) electrons. The summed E-state index contributed by atoms with van der Waals surface area (Å²) in [5.41, 5.74) is 6.47. The highest BCUT2D eigenvalue weighted by molar-refractivity contribution is 7.99. The molecule has 0 aliphatic heterocycles. The standard InChI is InChI=1S/C9H10ClN5S/c1-5-3-8(15(2)14-5)16-7-4-6(10)12-9(11)13-7/h3-4H,1-2H3,(H2,11,12,13). The van der Waals surface area contributed by atoms with Gasteiger partial charge in [-0.25, -0.2) is 9.97 Å². The van der Waals surface area contributed by atoms with Gasteiger partial charge in [0.05, 0.1) is 5.69 Å². The number of nitrogens with two attached hydrogens (primary N) is 1. The number of hydrogen-bond donors (Lipinski definition) is 1. The molecule has 0 atom stereocenters. The van der Waals surface area contributed by atoms with Gasteiger partial charge in [-0.3, -0.25) is 4.68 Å². The Balaban J connectivity index is 2.30. The monoisotopic (exact) mass is 255 g/mol. The maximum Gasteiger partial charge on any atom is 0.222 e. The number of rotatable bonds is 2. The van der Waals surface area contributed by atoms with Crippen molar-refractivity contribution >= 4 is 29.3 Å². The minimum atomic E-state index is 0.175. The second-order valence-electron chi connectivity index (χ2n) is 3.24. The molecule has 5 nitrogen and oxygen atoms in total. The van der Waals surface area contributed by atoms with E-state index in [1.165, 1.54) is 11.8 Å². The fourth-order valence-corrected chi connectivity index (χ4v) is 2.44. The molecule has 7 heteroatoms. The molecule has 0 fully saturated rings. The second-order valence-corrected chi connectivity index (χ2v) is 4.66. The summed E-state index contributed by atoms with van der Waals surface area (Å²) in [7, 11) is 1.88. The van der Waals surface area contributed by atoms with Crippen LogP contribution in [0.25, 0.3) is 0 Å². The van der Waals surface area contributed by atoms with Crippen LogP contribution >= 0.6 is 23.4 Å². The molecule has 16 heavy (non-hydrogen) atoms. The lowest BCUT2D eigenvalue weighted by Crippen LogP contribution is -1.97. The van der Waals surface area contributed by atoms with Gasteiger partial charge in [0.1, 0.15) is 15.2 Å². The SMILES string of the molecule is Cc1cc(Sc2cc(Cl)nc(N)n2)n(C)n1. The van der Waals surface area contributed by atoms with Crippen molar-refractivity contribution in [1.29, 1.82) is 0 Å². The molecule has 0 aliphatic rings. The zero-order valence-corrected chi connectivity index (χ0v) is 10.4. The Morgan fingerprint density at radius 3 is 2.69 bits per heavy atom. The molecule has 2 aromatic heterocycles. The number of halogens is 1. The zero-order chi connectivity index (χ0) is 11.7. The summed E-state index contributed by atoms with van der Waals surface area (Å²) >= 11 is 7.24. The van der Waals surface area contributed by atoms with Crippen LogP contribution in [0.5, 0.6) is 0 Å². The highest BCUT2D eigenvalue weighted by Gasteiger charge is 2.07. The third kappa shape index (κ3) is 2.45. The van der Waals surface area contributed by atoms with Gasteiger partial charge in [-0.1, -0.05) is 23.4 Å². The van der Waals surface area contributed by atoms with Gasteiger partial charge in [-0.15, -0.1) is 0 Å². The molecular weight excluding hydrogens is 246 g/mol. The molecule has 84 valence electrons. The Bertz CT molecular complexity index is 504. The van der Waals surface area contributed by atoms with Crippen LogP contribution in [0, 0.1) is 6.92 Å². The van der Waals surface area contributed by atoms with Crippen molar-refractivity contribution < 1.29 is 0 Å². The molecule has 0 unspecified atom stereocenters. The number of aryl methyl sites for hydroxylation is 2. The Kier molecular flexibility index (Phi) is 3.02. The Morgan fingerprint density at radius 2 is 2.12 bits per heavy atom. The lowest BCUT2D eigenvalue weighted by atomic mass is 10.5. The van der Waals surface area contributed by atoms with Crippen molar-refractivity contribution in [3.8, 4) is 0 Å². The van der Waals surface area contributed by atoms with Crippen LogP contribution in [-0.4, -0.2) is 19.7 Å². The molecular formula is C9H10ClN5S. The topological polar surface area (TPSA) is 69.6 Å². The highest BCUT2D eigenvalue weighted by Crippen LogP contribution is 2.27. The van der Waals surface area contributed by atoms with Gasteiger partial charge in [-0.2, -0.15) is 5.10 Å². The lowest BCUT2D eigenvalue weighted by molar-refractivity contribution is 0.692. The molecule has 0 bridgehead atoms. The Morgan fingerprint density at radius 1 is 1.38 bits per heavy atom. The summed E-state index contributed by atoms with van der Waals surface area (Å²) in [6.07, 6.45) is 0. The number of nitrogen functional groups attached to an aromatic ring is 1. The first-order valence-corrected chi connectivity index (χ1v) is 5.72. The maximum absolute atomic E-state index is 5.79. The molecule has 2 aromatic rings. The van der Waals surface area contributed by atoms with Gasteiger partial charge in [0.25, 0.3) is 0 Å². The van der Waals surface area contributed by atoms with Crippen molar-refractivity contribution in [3.63, 3.8) is 0 Å². The van der Waals surface area contributed by atoms with Gasteiger partial charge < -0.3 is 5.73 Å². The van der Waals surface area contributed by atoms with E-state index in [2.05, 4.69) is 15.1 Å². The lowest BCUT2D eigenvalue weighted by Gasteiger charge is -2.02. The summed E-state index contributed by atoms with van der Waals surface area (Å²) in [4.78, 5) is 7.88. The van der Waals surface area contributed by atoms with E-state index in [1.54, 1.807) is 10.7 Å². The summed E-state index contributed by atoms with van der Waals surface area (Å²) in [6.45, 7) is 1.94. The maximum atomic E-state index is 5.79. The summed E-state index contributed by atoms with van der Waals surface area (Å²) in [5, 5.41) is 6.27. The molecule has 0 aromatic carbocycles. The van der Waals surface area contributed by atoms with E-state index in [9.17, 15) is 0 Å². The smallest absolute Gasteiger partial charge is 0.222 e. The van der Waals surface area contributed by atoms with Gasteiger partial charge in [0.2, 0.25) is 5.95 Å². The van der Waals surface area contributed by atoms with E-state index in [1.807, 2.05) is 20.0 Å². The average molecular weight is 256 g/mol. The molecule has 0 aliphatic carbocycles. The van der Waals surface area contributed by atoms with Gasteiger partial charge >= 0.3 is 0 Å². The van der Waals surface area contributed by atoms with Crippen LogP contribution < -0.4 is 5.73 Å². The third-order valence-electron chi connectivity index (χ3n) is 1.86. The minimum absolute atomic E-state index is 0.175. The van der Waals surface area contributed by atoms with E-state index in [4.69, 9.17) is 17.3 Å². The van der Waals surface area contributed by atoms with E-state index in [0.29, 0.717) is 10.2 Å². The molecule has 0 spiro atoms. The minimum Gasteiger partial charge on any atom is -0.368 e. The molecule has 2 rings (SSSR count). The van der Waals surface area contributed by atoms with Crippen molar-refractivity contribution in [2.75, 3.05) is 5.73 Å². The predicted octanol–water partition coefficient (Wildman–Crippen LogP) is 1.91. The Labute approximate surface area is 102 Å². The first-order valence-electron chi connectivity index (χ1n) is 4.53. The van der Waals surface area contributed by atoms with Crippen LogP contribution in [0.4, 0.5) is 5.95 Å². The normalized spacial score (nSPS) is 10.7. The highest BCUT2D eigenvalue weighted by atomic mass is 35.5. The predicted molar refractivity (Wildman–Crippen MR) is 63.5 cm³/mol. The third-order valence-corrected chi connectivity index (χ3v) is 3.06. The van der Waals surface area contributed by atoms with E-state index in [-0.39, 0.29) is 5.95 Å². The van der Waals surface area contributed by atoms with Crippen molar-refractivity contribution in [1.82, 2.24) is 19.7 Å². The summed E-state index contributed by atoms with van der Waals surface area (Å²) < 4.78 is 1.78. The van der Waals surface area contributed by atoms with E-state index < -0.39 is 0 Å². The quantitative estimate of drug-likeness (QED) is 0.830. The van der Waals surface area contributed by atoms with Gasteiger partial charge in [0, 0.05) is 13.1 Å². The van der Waals surface area contributed by atoms with Gasteiger partial charge in [0.15, 0.2) is 0 Å². The van der Waals surface area contributed by atoms with Gasteiger partial charge in [-0.05, 0) is 13.0 Å². The fraction of sp³-hybridized carbons (Fsp3) is 0.222. The van der Waals surface area contributed by atoms with Crippen LogP contribution in [0.1, 0.15) is 5.69 Å². The van der Waals surface area contributed by atoms with E-state index in [0.717, 1.165) is 10.7 Å². The summed E-state index contributed by atoms with van der Waals surface area (Å²) in [6, 6.07) is 3.64. The van der Waals surface area contributed by atoms with Crippen molar-refractivity contribution in [2.45, 2.75) is 17.0 Å². The van der Waals surface area contributed by atoms with Crippen molar-refractivity contribution in [3.05, 3.63) is 23.0 Å². The number of hydrogen-bond acceptors (Lipinski definition) is 5. The summed E-state index contributed by atoms with van der Waals surface area (Å²) in [5.74, 6) is 0.175. The second kappa shape index (κ2) is 4.31. The zero-order valence-electron chi connectivity index (χ0n) is 8.81. The Hall–Kier alpha value is -1.27. The molecule has 2 heterocycles. The average Bonchev–Trinajstić information content (AvgIpc) is 2.43. The largest absolute Gasteiger partial charge is 0.368 e. The fourth-order valence-electron chi connectivity index (χ4n) is 1.26. The first-order chi connectivity index (χ1) is 7.54. The molecule has 2 N–H and O–H groups in total. The first kappa shape index (κ1) is 11.2. The number of nitrogens with zero attached hydrogens (tertiary/aromatic N) is 4. The van der Waals surface area contributed by atoms with Crippen molar-refractivity contribution in [2.24, 2.45) is 7.05 Å². The molecule has 0 amide bonds. The number of anilines is 1. The van der Waals surface area contributed by atoms with E-state index >= 15 is 0 Å². The number of aromatic nitrogens is 4. The van der Waals surface area contributed by atoms with Crippen LogP contribution in [0.2, 0.25) is 5.15 Å². The van der Waals surface area contributed by atoms with Crippen LogP contribution in [0.3, 0.4) is 0 Å². The van der Waals surface area contributed by atoms with Crippen LogP contribution in [0.15, 0.2) is 22.2 Å².